The summed E-state index contributed by atoms with van der Waals surface area (Å²) in [6.07, 6.45) is 4.73. The first-order valence-electron chi connectivity index (χ1n) is 7.33. The zero-order valence-electron chi connectivity index (χ0n) is 12.6. The molecule has 1 aromatic carbocycles. The van der Waals surface area contributed by atoms with Crippen LogP contribution in [0.15, 0.2) is 24.3 Å². The van der Waals surface area contributed by atoms with Crippen molar-refractivity contribution < 1.29 is 9.53 Å². The van der Waals surface area contributed by atoms with E-state index in [-0.39, 0.29) is 5.91 Å². The molecule has 2 rings (SSSR count). The van der Waals surface area contributed by atoms with Gasteiger partial charge in [-0.3, -0.25) is 4.79 Å². The molecule has 0 heterocycles. The monoisotopic (exact) mass is 273 g/mol. The summed E-state index contributed by atoms with van der Waals surface area (Å²) < 4.78 is 5.27. The third-order valence-corrected chi connectivity index (χ3v) is 3.92. The largest absolute Gasteiger partial charge is 0.497 e. The molecule has 0 unspecified atom stereocenters. The van der Waals surface area contributed by atoms with E-state index in [2.05, 4.69) is 18.2 Å². The van der Waals surface area contributed by atoms with Gasteiger partial charge in [-0.2, -0.15) is 0 Å². The molecule has 0 atom stereocenters. The molecule has 0 saturated heterocycles. The van der Waals surface area contributed by atoms with Crippen molar-refractivity contribution in [2.75, 3.05) is 20.2 Å². The maximum atomic E-state index is 12.3. The van der Waals surface area contributed by atoms with Gasteiger partial charge in [0.05, 0.1) is 13.5 Å². The number of aryl methyl sites for hydroxylation is 1. The lowest BCUT2D eigenvalue weighted by Crippen LogP contribution is -2.30. The van der Waals surface area contributed by atoms with Crippen LogP contribution in [0.25, 0.3) is 5.57 Å². The summed E-state index contributed by atoms with van der Waals surface area (Å²) in [5.74, 6) is 1.10. The minimum absolute atomic E-state index is 0.213. The first-order valence-corrected chi connectivity index (χ1v) is 7.33. The Labute approximate surface area is 121 Å². The Morgan fingerprint density at radius 1 is 1.30 bits per heavy atom. The van der Waals surface area contributed by atoms with E-state index < -0.39 is 0 Å². The highest BCUT2D eigenvalue weighted by atomic mass is 16.5. The Balaban J connectivity index is 2.19. The molecule has 1 aliphatic rings. The van der Waals surface area contributed by atoms with Gasteiger partial charge in [0, 0.05) is 13.1 Å². The minimum atomic E-state index is 0.213. The molecule has 1 aliphatic carbocycles. The van der Waals surface area contributed by atoms with Crippen LogP contribution in [-0.2, 0) is 11.2 Å². The topological polar surface area (TPSA) is 29.5 Å². The predicted molar refractivity (Wildman–Crippen MR) is 81.8 cm³/mol. The predicted octanol–water partition coefficient (Wildman–Crippen LogP) is 3.28. The lowest BCUT2D eigenvalue weighted by molar-refractivity contribution is -0.129. The Morgan fingerprint density at radius 3 is 2.70 bits per heavy atom. The van der Waals surface area contributed by atoms with Crippen molar-refractivity contribution in [1.82, 2.24) is 4.90 Å². The van der Waals surface area contributed by atoms with E-state index in [1.165, 1.54) is 11.1 Å². The summed E-state index contributed by atoms with van der Waals surface area (Å²) in [4.78, 5) is 14.2. The van der Waals surface area contributed by atoms with Crippen LogP contribution in [0.5, 0.6) is 5.75 Å². The molecule has 1 amide bonds. The maximum absolute atomic E-state index is 12.3. The SMILES string of the molecule is CCN(CC)C(=O)CC1=CCCc2cc(OC)ccc21. The second-order valence-corrected chi connectivity index (χ2v) is 5.03. The van der Waals surface area contributed by atoms with Gasteiger partial charge >= 0.3 is 0 Å². The molecule has 0 N–H and O–H groups in total. The van der Waals surface area contributed by atoms with E-state index in [1.54, 1.807) is 7.11 Å². The van der Waals surface area contributed by atoms with Gasteiger partial charge < -0.3 is 9.64 Å². The zero-order valence-corrected chi connectivity index (χ0v) is 12.6. The number of rotatable bonds is 5. The average Bonchev–Trinajstić information content (AvgIpc) is 2.48. The van der Waals surface area contributed by atoms with Gasteiger partial charge in [-0.25, -0.2) is 0 Å². The lowest BCUT2D eigenvalue weighted by atomic mass is 9.88. The number of benzene rings is 1. The number of methoxy groups -OCH3 is 1. The molecule has 108 valence electrons. The summed E-state index contributed by atoms with van der Waals surface area (Å²) in [5.41, 5.74) is 3.65. The molecule has 0 bridgehead atoms. The number of allylic oxidation sites excluding steroid dienone is 1. The van der Waals surface area contributed by atoms with Crippen LogP contribution in [0, 0.1) is 0 Å². The van der Waals surface area contributed by atoms with Gasteiger partial charge in [0.2, 0.25) is 5.91 Å². The second kappa shape index (κ2) is 6.60. The number of fused-ring (bicyclic) bond motifs is 1. The van der Waals surface area contributed by atoms with Gasteiger partial charge in [0.15, 0.2) is 0 Å². The van der Waals surface area contributed by atoms with Crippen LogP contribution in [0.4, 0.5) is 0 Å². The quantitative estimate of drug-likeness (QED) is 0.824. The number of nitrogens with zero attached hydrogens (tertiary/aromatic N) is 1. The van der Waals surface area contributed by atoms with Crippen LogP contribution in [-0.4, -0.2) is 31.0 Å². The molecule has 0 spiro atoms. The highest BCUT2D eigenvalue weighted by Crippen LogP contribution is 2.31. The Bertz CT molecular complexity index is 516. The van der Waals surface area contributed by atoms with Crippen molar-refractivity contribution in [3.05, 3.63) is 35.4 Å². The molecule has 20 heavy (non-hydrogen) atoms. The summed E-state index contributed by atoms with van der Waals surface area (Å²) in [5, 5.41) is 0. The van der Waals surface area contributed by atoms with E-state index in [9.17, 15) is 4.79 Å². The highest BCUT2D eigenvalue weighted by Gasteiger charge is 2.18. The summed E-state index contributed by atoms with van der Waals surface area (Å²) in [6, 6.07) is 6.14. The molecule has 1 aromatic rings. The van der Waals surface area contributed by atoms with Crippen LogP contribution in [0.2, 0.25) is 0 Å². The maximum Gasteiger partial charge on any atom is 0.226 e. The Kier molecular flexibility index (Phi) is 4.83. The van der Waals surface area contributed by atoms with Crippen molar-refractivity contribution >= 4 is 11.5 Å². The number of hydrogen-bond acceptors (Lipinski definition) is 2. The fourth-order valence-electron chi connectivity index (χ4n) is 2.75. The van der Waals surface area contributed by atoms with Crippen molar-refractivity contribution in [1.29, 1.82) is 0 Å². The number of carbonyl (C=O) groups is 1. The normalized spacial score (nSPS) is 13.4. The number of ether oxygens (including phenoxy) is 1. The third kappa shape index (κ3) is 3.03. The molecular weight excluding hydrogens is 250 g/mol. The smallest absolute Gasteiger partial charge is 0.226 e. The average molecular weight is 273 g/mol. The van der Waals surface area contributed by atoms with Gasteiger partial charge in [-0.1, -0.05) is 12.1 Å². The lowest BCUT2D eigenvalue weighted by Gasteiger charge is -2.22. The molecule has 0 saturated carbocycles. The van der Waals surface area contributed by atoms with Crippen molar-refractivity contribution in [2.24, 2.45) is 0 Å². The molecule has 0 aliphatic heterocycles. The molecular formula is C17H23NO2. The van der Waals surface area contributed by atoms with Crippen molar-refractivity contribution in [3.63, 3.8) is 0 Å². The summed E-state index contributed by atoms with van der Waals surface area (Å²) >= 11 is 0. The van der Waals surface area contributed by atoms with Gasteiger partial charge in [-0.15, -0.1) is 0 Å². The molecule has 0 radical (unpaired) electrons. The molecule has 3 nitrogen and oxygen atoms in total. The number of hydrogen-bond donors (Lipinski definition) is 0. The van der Waals surface area contributed by atoms with E-state index >= 15 is 0 Å². The first-order chi connectivity index (χ1) is 9.69. The van der Waals surface area contributed by atoms with E-state index in [0.717, 1.165) is 37.3 Å². The van der Waals surface area contributed by atoms with Gasteiger partial charge in [0.25, 0.3) is 0 Å². The van der Waals surface area contributed by atoms with Crippen molar-refractivity contribution in [2.45, 2.75) is 33.1 Å². The fraction of sp³-hybridized carbons (Fsp3) is 0.471. The van der Waals surface area contributed by atoms with E-state index in [0.29, 0.717) is 6.42 Å². The fourth-order valence-corrected chi connectivity index (χ4v) is 2.75. The van der Waals surface area contributed by atoms with Crippen LogP contribution in [0.1, 0.15) is 37.8 Å². The first kappa shape index (κ1) is 14.6. The Morgan fingerprint density at radius 2 is 2.05 bits per heavy atom. The van der Waals surface area contributed by atoms with Gasteiger partial charge in [0.1, 0.15) is 5.75 Å². The zero-order chi connectivity index (χ0) is 14.5. The van der Waals surface area contributed by atoms with Gasteiger partial charge in [-0.05, 0) is 55.5 Å². The molecule has 0 fully saturated rings. The minimum Gasteiger partial charge on any atom is -0.497 e. The van der Waals surface area contributed by atoms with Crippen LogP contribution >= 0.6 is 0 Å². The van der Waals surface area contributed by atoms with E-state index in [4.69, 9.17) is 4.74 Å². The molecule has 3 heteroatoms. The standard InChI is InChI=1S/C17H23NO2/c1-4-18(5-2)17(19)12-14-8-6-7-13-11-15(20-3)9-10-16(13)14/h8-11H,4-7,12H2,1-3H3. The van der Waals surface area contributed by atoms with Crippen LogP contribution < -0.4 is 4.74 Å². The summed E-state index contributed by atoms with van der Waals surface area (Å²) in [6.45, 7) is 5.60. The number of amides is 1. The summed E-state index contributed by atoms with van der Waals surface area (Å²) in [7, 11) is 1.69. The highest BCUT2D eigenvalue weighted by molar-refractivity contribution is 5.90. The third-order valence-electron chi connectivity index (χ3n) is 3.92. The van der Waals surface area contributed by atoms with Crippen molar-refractivity contribution in [3.8, 4) is 5.75 Å². The van der Waals surface area contributed by atoms with Crippen LogP contribution in [0.3, 0.4) is 0 Å². The van der Waals surface area contributed by atoms with E-state index in [1.807, 2.05) is 24.8 Å². The number of carbonyl (C=O) groups excluding carboxylic acids is 1. The Hall–Kier alpha value is -1.77. The molecule has 0 aromatic heterocycles. The second-order valence-electron chi connectivity index (χ2n) is 5.03.